The number of rotatable bonds is 8. The van der Waals surface area contributed by atoms with Crippen molar-refractivity contribution in [1.82, 2.24) is 9.88 Å². The van der Waals surface area contributed by atoms with Crippen molar-refractivity contribution in [2.45, 2.75) is 13.5 Å². The maximum Gasteiger partial charge on any atom is 0.254 e. The van der Waals surface area contributed by atoms with E-state index < -0.39 is 0 Å². The Labute approximate surface area is 143 Å². The van der Waals surface area contributed by atoms with Crippen molar-refractivity contribution in [2.75, 3.05) is 13.2 Å². The Hall–Kier alpha value is -2.88. The van der Waals surface area contributed by atoms with E-state index in [-0.39, 0.29) is 5.91 Å². The van der Waals surface area contributed by atoms with Gasteiger partial charge >= 0.3 is 0 Å². The van der Waals surface area contributed by atoms with Gasteiger partial charge in [0.1, 0.15) is 12.4 Å². The SMILES string of the molecule is C=CCN(Cc1ccccn1)C(=O)c1ccc(OCC(=C)C)cc1. The molecular formula is C20H22N2O2. The Morgan fingerprint density at radius 1 is 1.25 bits per heavy atom. The average molecular weight is 322 g/mol. The van der Waals surface area contributed by atoms with E-state index in [9.17, 15) is 4.79 Å². The molecule has 1 aromatic carbocycles. The first-order valence-corrected chi connectivity index (χ1v) is 7.77. The van der Waals surface area contributed by atoms with Crippen LogP contribution in [-0.4, -0.2) is 28.9 Å². The van der Waals surface area contributed by atoms with Gasteiger partial charge in [-0.25, -0.2) is 0 Å². The molecule has 0 aliphatic rings. The summed E-state index contributed by atoms with van der Waals surface area (Å²) in [5.74, 6) is 0.654. The molecule has 0 saturated carbocycles. The predicted octanol–water partition coefficient (Wildman–Crippen LogP) is 3.86. The minimum Gasteiger partial charge on any atom is -0.489 e. The van der Waals surface area contributed by atoms with Crippen LogP contribution in [0, 0.1) is 0 Å². The zero-order chi connectivity index (χ0) is 17.4. The van der Waals surface area contributed by atoms with Crippen LogP contribution in [0.2, 0.25) is 0 Å². The molecule has 0 unspecified atom stereocenters. The van der Waals surface area contributed by atoms with E-state index in [4.69, 9.17) is 4.74 Å². The maximum absolute atomic E-state index is 12.7. The van der Waals surface area contributed by atoms with Crippen molar-refractivity contribution in [3.05, 3.63) is 84.7 Å². The second-order valence-corrected chi connectivity index (χ2v) is 5.57. The summed E-state index contributed by atoms with van der Waals surface area (Å²) in [5, 5.41) is 0. The van der Waals surface area contributed by atoms with Gasteiger partial charge in [0.05, 0.1) is 12.2 Å². The number of ether oxygens (including phenoxy) is 1. The highest BCUT2D eigenvalue weighted by molar-refractivity contribution is 5.94. The number of carbonyl (C=O) groups excluding carboxylic acids is 1. The summed E-state index contributed by atoms with van der Waals surface area (Å²) < 4.78 is 5.56. The van der Waals surface area contributed by atoms with Crippen LogP contribution in [0.5, 0.6) is 5.75 Å². The molecule has 1 aromatic heterocycles. The second-order valence-electron chi connectivity index (χ2n) is 5.57. The van der Waals surface area contributed by atoms with Crippen LogP contribution >= 0.6 is 0 Å². The minimum absolute atomic E-state index is 0.0630. The molecule has 2 rings (SSSR count). The lowest BCUT2D eigenvalue weighted by Gasteiger charge is -2.21. The molecule has 2 aromatic rings. The molecule has 0 spiro atoms. The van der Waals surface area contributed by atoms with Crippen molar-refractivity contribution in [2.24, 2.45) is 0 Å². The van der Waals surface area contributed by atoms with Crippen LogP contribution in [0.3, 0.4) is 0 Å². The van der Waals surface area contributed by atoms with Gasteiger partial charge in [0, 0.05) is 18.3 Å². The standard InChI is InChI=1S/C20H22N2O2/c1-4-13-22(14-18-7-5-6-12-21-18)20(23)17-8-10-19(11-9-17)24-15-16(2)3/h4-12H,1-2,13-15H2,3H3. The fourth-order valence-electron chi connectivity index (χ4n) is 2.15. The fraction of sp³-hybridized carbons (Fsp3) is 0.200. The highest BCUT2D eigenvalue weighted by Gasteiger charge is 2.15. The Morgan fingerprint density at radius 2 is 2.00 bits per heavy atom. The third-order valence-electron chi connectivity index (χ3n) is 3.30. The molecule has 0 bridgehead atoms. The number of pyridine rings is 1. The van der Waals surface area contributed by atoms with Gasteiger partial charge in [0.25, 0.3) is 5.91 Å². The number of nitrogens with zero attached hydrogens (tertiary/aromatic N) is 2. The van der Waals surface area contributed by atoms with Crippen molar-refractivity contribution < 1.29 is 9.53 Å². The molecule has 1 amide bonds. The van der Waals surface area contributed by atoms with Gasteiger partial charge in [-0.2, -0.15) is 0 Å². The van der Waals surface area contributed by atoms with Gasteiger partial charge < -0.3 is 9.64 Å². The van der Waals surface area contributed by atoms with Gasteiger partial charge in [-0.15, -0.1) is 6.58 Å². The van der Waals surface area contributed by atoms with E-state index in [1.807, 2.05) is 25.1 Å². The molecule has 0 aliphatic heterocycles. The lowest BCUT2D eigenvalue weighted by Crippen LogP contribution is -2.31. The van der Waals surface area contributed by atoms with Crippen LogP contribution in [-0.2, 0) is 6.54 Å². The highest BCUT2D eigenvalue weighted by atomic mass is 16.5. The lowest BCUT2D eigenvalue weighted by molar-refractivity contribution is 0.0761. The summed E-state index contributed by atoms with van der Waals surface area (Å²) in [7, 11) is 0. The van der Waals surface area contributed by atoms with Crippen LogP contribution in [0.15, 0.2) is 73.5 Å². The molecule has 0 saturated heterocycles. The molecule has 0 aliphatic carbocycles. The Kier molecular flexibility index (Phi) is 6.32. The third kappa shape index (κ3) is 5.09. The first kappa shape index (κ1) is 17.5. The normalized spacial score (nSPS) is 10.0. The summed E-state index contributed by atoms with van der Waals surface area (Å²) in [6.07, 6.45) is 3.44. The quantitative estimate of drug-likeness (QED) is 0.693. The molecule has 0 fully saturated rings. The van der Waals surface area contributed by atoms with Crippen molar-refractivity contribution in [3.8, 4) is 5.75 Å². The van der Waals surface area contributed by atoms with E-state index in [1.54, 1.807) is 41.4 Å². The topological polar surface area (TPSA) is 42.4 Å². The Bertz CT molecular complexity index is 693. The van der Waals surface area contributed by atoms with Gasteiger partial charge in [-0.3, -0.25) is 9.78 Å². The average Bonchev–Trinajstić information content (AvgIpc) is 2.60. The number of aromatic nitrogens is 1. The van der Waals surface area contributed by atoms with E-state index >= 15 is 0 Å². The smallest absolute Gasteiger partial charge is 0.254 e. The molecular weight excluding hydrogens is 300 g/mol. The van der Waals surface area contributed by atoms with Crippen molar-refractivity contribution in [1.29, 1.82) is 0 Å². The predicted molar refractivity (Wildman–Crippen MR) is 95.9 cm³/mol. The van der Waals surface area contributed by atoms with Gasteiger partial charge in [-0.05, 0) is 48.9 Å². The highest BCUT2D eigenvalue weighted by Crippen LogP contribution is 2.15. The number of benzene rings is 1. The van der Waals surface area contributed by atoms with Gasteiger partial charge in [0.15, 0.2) is 0 Å². The van der Waals surface area contributed by atoms with E-state index in [0.717, 1.165) is 17.0 Å². The maximum atomic E-state index is 12.7. The number of carbonyl (C=O) groups is 1. The van der Waals surface area contributed by atoms with E-state index in [1.165, 1.54) is 0 Å². The summed E-state index contributed by atoms with van der Waals surface area (Å²) in [6, 6.07) is 12.8. The third-order valence-corrected chi connectivity index (χ3v) is 3.30. The van der Waals surface area contributed by atoms with Gasteiger partial charge in [-0.1, -0.05) is 18.7 Å². The lowest BCUT2D eigenvalue weighted by atomic mass is 10.2. The summed E-state index contributed by atoms with van der Waals surface area (Å²) in [6.45, 7) is 10.8. The Balaban J connectivity index is 2.08. The minimum atomic E-state index is -0.0630. The van der Waals surface area contributed by atoms with Crippen LogP contribution < -0.4 is 4.74 Å². The molecule has 0 N–H and O–H groups in total. The summed E-state index contributed by atoms with van der Waals surface area (Å²) >= 11 is 0. The van der Waals surface area contributed by atoms with Gasteiger partial charge in [0.2, 0.25) is 0 Å². The molecule has 1 heterocycles. The Morgan fingerprint density at radius 3 is 2.58 bits per heavy atom. The molecule has 4 heteroatoms. The van der Waals surface area contributed by atoms with E-state index in [0.29, 0.717) is 25.3 Å². The fourth-order valence-corrected chi connectivity index (χ4v) is 2.15. The molecule has 4 nitrogen and oxygen atoms in total. The van der Waals surface area contributed by atoms with Crippen molar-refractivity contribution >= 4 is 5.91 Å². The van der Waals surface area contributed by atoms with Crippen molar-refractivity contribution in [3.63, 3.8) is 0 Å². The summed E-state index contributed by atoms with van der Waals surface area (Å²) in [4.78, 5) is 18.7. The largest absolute Gasteiger partial charge is 0.489 e. The number of hydrogen-bond donors (Lipinski definition) is 0. The molecule has 24 heavy (non-hydrogen) atoms. The first-order valence-electron chi connectivity index (χ1n) is 7.77. The number of hydrogen-bond acceptors (Lipinski definition) is 3. The van der Waals surface area contributed by atoms with E-state index in [2.05, 4.69) is 18.1 Å². The van der Waals surface area contributed by atoms with Crippen LogP contribution in [0.1, 0.15) is 23.0 Å². The monoisotopic (exact) mass is 322 g/mol. The zero-order valence-corrected chi connectivity index (χ0v) is 13.9. The number of amides is 1. The first-order chi connectivity index (χ1) is 11.6. The zero-order valence-electron chi connectivity index (χ0n) is 13.9. The molecule has 124 valence electrons. The summed E-state index contributed by atoms with van der Waals surface area (Å²) in [5.41, 5.74) is 2.40. The van der Waals surface area contributed by atoms with Crippen LogP contribution in [0.25, 0.3) is 0 Å². The van der Waals surface area contributed by atoms with Crippen LogP contribution in [0.4, 0.5) is 0 Å². The molecule has 0 atom stereocenters. The second kappa shape index (κ2) is 8.67. The molecule has 0 radical (unpaired) electrons.